The Balaban J connectivity index is 2.63. The molecule has 1 aromatic rings. The minimum absolute atomic E-state index is 0.0146. The number of aryl methyl sites for hydroxylation is 1. The average molecular weight is 271 g/mol. The Morgan fingerprint density at radius 1 is 1.37 bits per heavy atom. The van der Waals surface area contributed by atoms with Crippen molar-refractivity contribution in [2.45, 2.75) is 44.2 Å². The number of amides is 1. The Hall–Kier alpha value is -1.52. The molecule has 5 heteroatoms. The molecule has 0 spiro atoms. The van der Waals surface area contributed by atoms with Gasteiger partial charge in [0.1, 0.15) is 0 Å². The summed E-state index contributed by atoms with van der Waals surface area (Å²) in [5.74, 6) is -0.788. The molecule has 104 valence electrons. The first-order chi connectivity index (χ1) is 8.83. The van der Waals surface area contributed by atoms with Gasteiger partial charge in [-0.25, -0.2) is 0 Å². The number of halogens is 3. The van der Waals surface area contributed by atoms with Crippen molar-refractivity contribution in [2.75, 3.05) is 0 Å². The van der Waals surface area contributed by atoms with Crippen molar-refractivity contribution in [2.24, 2.45) is 5.73 Å². The molecule has 1 fully saturated rings. The van der Waals surface area contributed by atoms with E-state index in [1.807, 2.05) is 6.92 Å². The van der Waals surface area contributed by atoms with Gasteiger partial charge in [-0.05, 0) is 36.5 Å². The predicted molar refractivity (Wildman–Crippen MR) is 65.9 cm³/mol. The molecular weight excluding hydrogens is 255 g/mol. The standard InChI is InChI=1S/C14H16F3NO/c1-2-4-9-5-3-6-10(12(18)19)11(9)13(7-8-13)14(15,16)17/h3,5-6H,2,4,7-8H2,1H3,(H2,18,19). The second kappa shape index (κ2) is 4.54. The highest BCUT2D eigenvalue weighted by atomic mass is 19.4. The topological polar surface area (TPSA) is 43.1 Å². The highest BCUT2D eigenvalue weighted by molar-refractivity contribution is 5.95. The average Bonchev–Trinajstić information content (AvgIpc) is 3.09. The fourth-order valence-corrected chi connectivity index (χ4v) is 2.65. The van der Waals surface area contributed by atoms with Crippen LogP contribution in [0.4, 0.5) is 13.2 Å². The van der Waals surface area contributed by atoms with Crippen molar-refractivity contribution < 1.29 is 18.0 Å². The minimum Gasteiger partial charge on any atom is -0.366 e. The molecule has 0 radical (unpaired) electrons. The molecule has 0 atom stereocenters. The lowest BCUT2D eigenvalue weighted by Gasteiger charge is -2.24. The van der Waals surface area contributed by atoms with E-state index in [1.165, 1.54) is 6.07 Å². The Morgan fingerprint density at radius 3 is 2.42 bits per heavy atom. The zero-order valence-electron chi connectivity index (χ0n) is 10.7. The number of rotatable bonds is 4. The van der Waals surface area contributed by atoms with Gasteiger partial charge in [0, 0.05) is 5.56 Å². The molecule has 0 saturated heterocycles. The number of nitrogens with two attached hydrogens (primary N) is 1. The molecule has 0 unspecified atom stereocenters. The van der Waals surface area contributed by atoms with E-state index in [1.54, 1.807) is 12.1 Å². The molecule has 2 nitrogen and oxygen atoms in total. The maximum Gasteiger partial charge on any atom is 0.398 e. The third kappa shape index (κ3) is 2.22. The molecule has 1 aliphatic carbocycles. The zero-order valence-corrected chi connectivity index (χ0v) is 10.7. The Kier molecular flexibility index (Phi) is 3.32. The molecule has 0 bridgehead atoms. The lowest BCUT2D eigenvalue weighted by atomic mass is 9.84. The second-order valence-electron chi connectivity index (χ2n) is 5.03. The molecule has 19 heavy (non-hydrogen) atoms. The largest absolute Gasteiger partial charge is 0.398 e. The Morgan fingerprint density at radius 2 is 2.00 bits per heavy atom. The van der Waals surface area contributed by atoms with Crippen LogP contribution in [-0.4, -0.2) is 12.1 Å². The SMILES string of the molecule is CCCc1cccc(C(N)=O)c1C1(C(F)(F)F)CC1. The van der Waals surface area contributed by atoms with Crippen LogP contribution in [0.2, 0.25) is 0 Å². The summed E-state index contributed by atoms with van der Waals surface area (Å²) in [6.07, 6.45) is -3.01. The molecule has 0 aliphatic heterocycles. The monoisotopic (exact) mass is 271 g/mol. The number of primary amides is 1. The van der Waals surface area contributed by atoms with E-state index in [-0.39, 0.29) is 24.0 Å². The van der Waals surface area contributed by atoms with Crippen LogP contribution < -0.4 is 5.73 Å². The summed E-state index contributed by atoms with van der Waals surface area (Å²) in [6.45, 7) is 1.90. The van der Waals surface area contributed by atoms with Crippen molar-refractivity contribution in [3.8, 4) is 0 Å². The van der Waals surface area contributed by atoms with Crippen molar-refractivity contribution in [1.82, 2.24) is 0 Å². The lowest BCUT2D eigenvalue weighted by molar-refractivity contribution is -0.160. The molecule has 1 aliphatic rings. The molecule has 1 aromatic carbocycles. The van der Waals surface area contributed by atoms with Crippen LogP contribution in [0, 0.1) is 0 Å². The van der Waals surface area contributed by atoms with Gasteiger partial charge < -0.3 is 5.73 Å². The molecule has 2 N–H and O–H groups in total. The summed E-state index contributed by atoms with van der Waals surface area (Å²) in [5, 5.41) is 0. The number of carbonyl (C=O) groups excluding carboxylic acids is 1. The van der Waals surface area contributed by atoms with Gasteiger partial charge >= 0.3 is 6.18 Å². The predicted octanol–water partition coefficient (Wildman–Crippen LogP) is 3.33. The zero-order chi connectivity index (χ0) is 14.3. The van der Waals surface area contributed by atoms with E-state index < -0.39 is 17.5 Å². The van der Waals surface area contributed by atoms with E-state index in [0.29, 0.717) is 12.0 Å². The van der Waals surface area contributed by atoms with Crippen LogP contribution >= 0.6 is 0 Å². The molecule has 1 saturated carbocycles. The highest BCUT2D eigenvalue weighted by Crippen LogP contribution is 2.60. The van der Waals surface area contributed by atoms with Crippen molar-refractivity contribution >= 4 is 5.91 Å². The third-order valence-electron chi connectivity index (χ3n) is 3.71. The first-order valence-corrected chi connectivity index (χ1v) is 6.32. The number of hydrogen-bond acceptors (Lipinski definition) is 1. The van der Waals surface area contributed by atoms with E-state index in [9.17, 15) is 18.0 Å². The second-order valence-corrected chi connectivity index (χ2v) is 5.03. The van der Waals surface area contributed by atoms with Gasteiger partial charge in [-0.1, -0.05) is 25.5 Å². The van der Waals surface area contributed by atoms with Gasteiger partial charge in [0.15, 0.2) is 0 Å². The molecule has 2 rings (SSSR count). The summed E-state index contributed by atoms with van der Waals surface area (Å²) in [7, 11) is 0. The summed E-state index contributed by atoms with van der Waals surface area (Å²) in [4.78, 5) is 11.4. The Bertz CT molecular complexity index is 504. The molecular formula is C14H16F3NO. The minimum atomic E-state index is -4.33. The summed E-state index contributed by atoms with van der Waals surface area (Å²) >= 11 is 0. The Labute approximate surface area is 109 Å². The van der Waals surface area contributed by atoms with E-state index in [2.05, 4.69) is 0 Å². The number of benzene rings is 1. The van der Waals surface area contributed by atoms with Crippen LogP contribution in [0.5, 0.6) is 0 Å². The molecule has 0 heterocycles. The van der Waals surface area contributed by atoms with Crippen LogP contribution in [0.15, 0.2) is 18.2 Å². The van der Waals surface area contributed by atoms with Crippen molar-refractivity contribution in [1.29, 1.82) is 0 Å². The fraction of sp³-hybridized carbons (Fsp3) is 0.500. The van der Waals surface area contributed by atoms with Gasteiger partial charge in [-0.15, -0.1) is 0 Å². The van der Waals surface area contributed by atoms with Gasteiger partial charge in [0.2, 0.25) is 5.91 Å². The van der Waals surface area contributed by atoms with Gasteiger partial charge in [-0.2, -0.15) is 13.2 Å². The third-order valence-corrected chi connectivity index (χ3v) is 3.71. The fourth-order valence-electron chi connectivity index (χ4n) is 2.65. The maximum absolute atomic E-state index is 13.3. The van der Waals surface area contributed by atoms with E-state index >= 15 is 0 Å². The first kappa shape index (κ1) is 13.9. The normalized spacial score (nSPS) is 17.3. The number of carbonyl (C=O) groups is 1. The summed E-state index contributed by atoms with van der Waals surface area (Å²) in [6, 6.07) is 4.65. The maximum atomic E-state index is 13.3. The smallest absolute Gasteiger partial charge is 0.366 e. The van der Waals surface area contributed by atoms with Crippen LogP contribution in [0.3, 0.4) is 0 Å². The molecule has 0 aromatic heterocycles. The highest BCUT2D eigenvalue weighted by Gasteiger charge is 2.65. The van der Waals surface area contributed by atoms with Crippen LogP contribution in [0.25, 0.3) is 0 Å². The summed E-state index contributed by atoms with van der Waals surface area (Å²) in [5.41, 5.74) is 4.10. The lowest BCUT2D eigenvalue weighted by Crippen LogP contribution is -2.32. The van der Waals surface area contributed by atoms with Crippen LogP contribution in [0.1, 0.15) is 47.7 Å². The van der Waals surface area contributed by atoms with Crippen LogP contribution in [-0.2, 0) is 11.8 Å². The quantitative estimate of drug-likeness (QED) is 0.896. The molecule has 1 amide bonds. The van der Waals surface area contributed by atoms with Gasteiger partial charge in [0.05, 0.1) is 5.41 Å². The van der Waals surface area contributed by atoms with Crippen molar-refractivity contribution in [3.63, 3.8) is 0 Å². The first-order valence-electron chi connectivity index (χ1n) is 6.32. The van der Waals surface area contributed by atoms with E-state index in [4.69, 9.17) is 5.73 Å². The van der Waals surface area contributed by atoms with Gasteiger partial charge in [0.25, 0.3) is 0 Å². The van der Waals surface area contributed by atoms with Crippen molar-refractivity contribution in [3.05, 3.63) is 34.9 Å². The van der Waals surface area contributed by atoms with Gasteiger partial charge in [-0.3, -0.25) is 4.79 Å². The summed E-state index contributed by atoms with van der Waals surface area (Å²) < 4.78 is 39.9. The van der Waals surface area contributed by atoms with E-state index in [0.717, 1.165) is 6.42 Å². The number of alkyl halides is 3. The number of hydrogen-bond donors (Lipinski definition) is 1.